The number of aliphatic imine (C=N–C) groups is 1. The van der Waals surface area contributed by atoms with Gasteiger partial charge in [0, 0.05) is 0 Å². The van der Waals surface area contributed by atoms with Crippen molar-refractivity contribution in [2.24, 2.45) is 10.7 Å². The number of amides is 2. The van der Waals surface area contributed by atoms with Crippen molar-refractivity contribution < 1.29 is 9.59 Å². The molecule has 0 radical (unpaired) electrons. The van der Waals surface area contributed by atoms with Crippen LogP contribution in [0.5, 0.6) is 0 Å². The van der Waals surface area contributed by atoms with Gasteiger partial charge in [0.1, 0.15) is 0 Å². The Kier molecular flexibility index (Phi) is 2.86. The second kappa shape index (κ2) is 3.90. The average molecular weight is 197 g/mol. The highest BCUT2D eigenvalue weighted by Gasteiger charge is 2.24. The van der Waals surface area contributed by atoms with E-state index in [4.69, 9.17) is 5.73 Å². The molecular formula is C7H7N3O2S. The Balaban J connectivity index is 2.77. The van der Waals surface area contributed by atoms with Gasteiger partial charge >= 0.3 is 0 Å². The number of nitrogens with zero attached hydrogens (tertiary/aromatic N) is 1. The van der Waals surface area contributed by atoms with Crippen LogP contribution < -0.4 is 11.1 Å². The van der Waals surface area contributed by atoms with Gasteiger partial charge in [0.25, 0.3) is 11.1 Å². The van der Waals surface area contributed by atoms with E-state index in [-0.39, 0.29) is 10.1 Å². The molecule has 6 heteroatoms. The number of hydrogen-bond acceptors (Lipinski definition) is 4. The molecule has 5 nitrogen and oxygen atoms in total. The highest BCUT2D eigenvalue weighted by molar-refractivity contribution is 8.18. The highest BCUT2D eigenvalue weighted by atomic mass is 32.2. The Labute approximate surface area is 78.8 Å². The van der Waals surface area contributed by atoms with E-state index >= 15 is 0 Å². The molecule has 1 heterocycles. The summed E-state index contributed by atoms with van der Waals surface area (Å²) in [4.78, 5) is 25.6. The van der Waals surface area contributed by atoms with Crippen LogP contribution in [-0.4, -0.2) is 17.5 Å². The van der Waals surface area contributed by atoms with Gasteiger partial charge in [-0.1, -0.05) is 6.58 Å². The zero-order valence-corrected chi connectivity index (χ0v) is 7.43. The fraction of sp³-hybridized carbons (Fsp3) is 0. The lowest BCUT2D eigenvalue weighted by Gasteiger charge is -1.90. The average Bonchev–Trinajstić information content (AvgIpc) is 2.30. The first kappa shape index (κ1) is 9.53. The van der Waals surface area contributed by atoms with Crippen molar-refractivity contribution in [2.75, 3.05) is 0 Å². The molecule has 1 fully saturated rings. The number of allylic oxidation sites excluding steroid dienone is 1. The summed E-state index contributed by atoms with van der Waals surface area (Å²) in [6, 6.07) is 0. The van der Waals surface area contributed by atoms with Gasteiger partial charge in [-0.05, 0) is 17.8 Å². The van der Waals surface area contributed by atoms with Crippen LogP contribution in [0.15, 0.2) is 28.2 Å². The fourth-order valence-electron chi connectivity index (χ4n) is 0.705. The molecule has 1 rings (SSSR count). The van der Waals surface area contributed by atoms with E-state index in [0.29, 0.717) is 5.70 Å². The molecule has 1 aliphatic rings. The summed E-state index contributed by atoms with van der Waals surface area (Å²) in [6.45, 7) is 3.51. The van der Waals surface area contributed by atoms with Crippen molar-refractivity contribution in [3.05, 3.63) is 23.3 Å². The largest absolute Gasteiger partial charge is 0.390 e. The lowest BCUT2D eigenvalue weighted by molar-refractivity contribution is -0.115. The smallest absolute Gasteiger partial charge is 0.290 e. The third-order valence-corrected chi connectivity index (χ3v) is 1.99. The molecule has 0 aromatic carbocycles. The van der Waals surface area contributed by atoms with Gasteiger partial charge < -0.3 is 5.73 Å². The summed E-state index contributed by atoms with van der Waals surface area (Å²) in [5.41, 5.74) is 5.34. The minimum atomic E-state index is -0.427. The predicted molar refractivity (Wildman–Crippen MR) is 51.0 cm³/mol. The molecule has 1 saturated heterocycles. The SMILES string of the molecule is C=C(/C=C1\SC(=O)NC1=O)N=CN. The topological polar surface area (TPSA) is 84.5 Å². The van der Waals surface area contributed by atoms with Gasteiger partial charge in [-0.15, -0.1) is 0 Å². The molecule has 1 aliphatic heterocycles. The van der Waals surface area contributed by atoms with Crippen molar-refractivity contribution in [3.8, 4) is 0 Å². The van der Waals surface area contributed by atoms with Crippen LogP contribution in [0.1, 0.15) is 0 Å². The van der Waals surface area contributed by atoms with E-state index < -0.39 is 5.91 Å². The minimum absolute atomic E-state index is 0.278. The van der Waals surface area contributed by atoms with Crippen molar-refractivity contribution >= 4 is 29.2 Å². The van der Waals surface area contributed by atoms with Crippen LogP contribution in [0.3, 0.4) is 0 Å². The van der Waals surface area contributed by atoms with E-state index in [1.54, 1.807) is 0 Å². The molecule has 13 heavy (non-hydrogen) atoms. The van der Waals surface area contributed by atoms with Crippen LogP contribution >= 0.6 is 11.8 Å². The lowest BCUT2D eigenvalue weighted by Crippen LogP contribution is -2.17. The first-order chi connectivity index (χ1) is 6.13. The number of nitrogens with one attached hydrogen (secondary N) is 1. The molecule has 0 aromatic rings. The van der Waals surface area contributed by atoms with Crippen LogP contribution in [0.2, 0.25) is 0 Å². The minimum Gasteiger partial charge on any atom is -0.390 e. The van der Waals surface area contributed by atoms with Crippen LogP contribution in [0.25, 0.3) is 0 Å². The number of rotatable bonds is 2. The Morgan fingerprint density at radius 3 is 2.77 bits per heavy atom. The van der Waals surface area contributed by atoms with Gasteiger partial charge in [-0.2, -0.15) is 0 Å². The molecule has 68 valence electrons. The summed E-state index contributed by atoms with van der Waals surface area (Å²) in [5.74, 6) is -0.427. The molecular weight excluding hydrogens is 190 g/mol. The van der Waals surface area contributed by atoms with E-state index in [0.717, 1.165) is 18.1 Å². The third-order valence-electron chi connectivity index (χ3n) is 1.18. The molecule has 0 saturated carbocycles. The number of imide groups is 1. The first-order valence-corrected chi connectivity index (χ1v) is 4.13. The number of carbonyl (C=O) groups excluding carboxylic acids is 2. The molecule has 0 unspecified atom stereocenters. The zero-order chi connectivity index (χ0) is 9.84. The van der Waals surface area contributed by atoms with Crippen LogP contribution in [0, 0.1) is 0 Å². The maximum atomic E-state index is 11.0. The number of thioether (sulfide) groups is 1. The number of nitrogens with two attached hydrogens (primary N) is 1. The molecule has 2 amide bonds. The maximum absolute atomic E-state index is 11.0. The zero-order valence-electron chi connectivity index (χ0n) is 6.61. The van der Waals surface area contributed by atoms with E-state index in [1.165, 1.54) is 6.08 Å². The number of carbonyl (C=O) groups is 2. The molecule has 0 bridgehead atoms. The Bertz CT molecular complexity index is 333. The lowest BCUT2D eigenvalue weighted by atomic mass is 10.4. The molecule has 0 spiro atoms. The summed E-state index contributed by atoms with van der Waals surface area (Å²) in [5, 5.41) is 1.72. The summed E-state index contributed by atoms with van der Waals surface area (Å²) in [7, 11) is 0. The van der Waals surface area contributed by atoms with Gasteiger partial charge in [0.2, 0.25) is 0 Å². The molecule has 3 N–H and O–H groups in total. The normalized spacial score (nSPS) is 19.8. The Hall–Kier alpha value is -1.56. The van der Waals surface area contributed by atoms with E-state index in [9.17, 15) is 9.59 Å². The van der Waals surface area contributed by atoms with Crippen molar-refractivity contribution in [1.29, 1.82) is 0 Å². The predicted octanol–water partition coefficient (Wildman–Crippen LogP) is 0.354. The Morgan fingerprint density at radius 1 is 1.62 bits per heavy atom. The first-order valence-electron chi connectivity index (χ1n) is 3.31. The third kappa shape index (κ3) is 2.45. The van der Waals surface area contributed by atoms with Crippen LogP contribution in [-0.2, 0) is 4.79 Å². The van der Waals surface area contributed by atoms with Crippen molar-refractivity contribution in [2.45, 2.75) is 0 Å². The Morgan fingerprint density at radius 2 is 2.31 bits per heavy atom. The monoisotopic (exact) mass is 197 g/mol. The van der Waals surface area contributed by atoms with Gasteiger partial charge in [0.15, 0.2) is 0 Å². The van der Waals surface area contributed by atoms with Crippen molar-refractivity contribution in [3.63, 3.8) is 0 Å². The summed E-state index contributed by atoms with van der Waals surface area (Å²) >= 11 is 0.814. The van der Waals surface area contributed by atoms with Gasteiger partial charge in [-0.25, -0.2) is 4.99 Å². The molecule has 0 aliphatic carbocycles. The standard InChI is InChI=1S/C7H7N3O2S/c1-4(9-3-8)2-5-6(11)10-7(12)13-5/h2-3H,1H2,(H2,8,9)(H,10,11,12)/b5-2-. The fourth-order valence-corrected chi connectivity index (χ4v) is 1.39. The summed E-state index contributed by atoms with van der Waals surface area (Å²) < 4.78 is 0. The van der Waals surface area contributed by atoms with Crippen LogP contribution in [0.4, 0.5) is 4.79 Å². The van der Waals surface area contributed by atoms with Gasteiger partial charge in [0.05, 0.1) is 16.9 Å². The van der Waals surface area contributed by atoms with Crippen molar-refractivity contribution in [1.82, 2.24) is 5.32 Å². The molecule has 0 atom stereocenters. The molecule has 0 aromatic heterocycles. The maximum Gasteiger partial charge on any atom is 0.290 e. The van der Waals surface area contributed by atoms with Gasteiger partial charge in [-0.3, -0.25) is 14.9 Å². The second-order valence-corrected chi connectivity index (χ2v) is 3.14. The quantitative estimate of drug-likeness (QED) is 0.380. The summed E-state index contributed by atoms with van der Waals surface area (Å²) in [6.07, 6.45) is 2.47. The second-order valence-electron chi connectivity index (χ2n) is 2.12. The highest BCUT2D eigenvalue weighted by Crippen LogP contribution is 2.24. The number of hydrogen-bond donors (Lipinski definition) is 2. The van der Waals surface area contributed by atoms with E-state index in [2.05, 4.69) is 16.9 Å². The van der Waals surface area contributed by atoms with E-state index in [1.807, 2.05) is 0 Å².